The molecule has 1 aliphatic rings. The molecule has 0 amide bonds. The molecule has 1 aromatic rings. The lowest BCUT2D eigenvalue weighted by molar-refractivity contribution is 0.0730. The minimum Gasteiger partial charge on any atom is -0.381 e. The van der Waals surface area contributed by atoms with Crippen molar-refractivity contribution in [3.63, 3.8) is 0 Å². The number of hydrogen-bond acceptors (Lipinski definition) is 3. The van der Waals surface area contributed by atoms with Crippen LogP contribution in [0.25, 0.3) is 0 Å². The Morgan fingerprint density at radius 3 is 2.75 bits per heavy atom. The second-order valence-corrected chi connectivity index (χ2v) is 6.96. The van der Waals surface area contributed by atoms with Gasteiger partial charge in [-0.15, -0.1) is 11.8 Å². The van der Waals surface area contributed by atoms with E-state index in [2.05, 4.69) is 36.5 Å². The quantitative estimate of drug-likeness (QED) is 0.760. The molecule has 1 N–H and O–H groups in total. The normalized spacial score (nSPS) is 22.9. The summed E-state index contributed by atoms with van der Waals surface area (Å²) in [5, 5.41) is 4.16. The minimum absolute atomic E-state index is 0.471. The maximum atomic E-state index is 5.51. The predicted molar refractivity (Wildman–Crippen MR) is 87.3 cm³/mol. The van der Waals surface area contributed by atoms with E-state index < -0.39 is 0 Å². The number of rotatable bonds is 7. The van der Waals surface area contributed by atoms with Crippen molar-refractivity contribution in [1.29, 1.82) is 0 Å². The molecule has 2 atom stereocenters. The topological polar surface area (TPSA) is 21.3 Å². The Hall–Kier alpha value is -0.510. The molecule has 0 bridgehead atoms. The van der Waals surface area contributed by atoms with Gasteiger partial charge in [0.2, 0.25) is 0 Å². The molecule has 0 aliphatic heterocycles. The highest BCUT2D eigenvalue weighted by Gasteiger charge is 2.22. The molecule has 0 saturated heterocycles. The molecule has 2 rings (SSSR count). The van der Waals surface area contributed by atoms with Gasteiger partial charge in [0.05, 0.1) is 6.10 Å². The number of nitrogens with one attached hydrogen (secondary N) is 1. The van der Waals surface area contributed by atoms with Crippen LogP contribution in [0.3, 0.4) is 0 Å². The van der Waals surface area contributed by atoms with Gasteiger partial charge in [-0.25, -0.2) is 0 Å². The first kappa shape index (κ1) is 15.9. The molecule has 1 fully saturated rings. The fraction of sp³-hybridized carbons (Fsp3) is 0.647. The number of thioether (sulfide) groups is 1. The summed E-state index contributed by atoms with van der Waals surface area (Å²) in [6.07, 6.45) is 6.71. The molecule has 20 heavy (non-hydrogen) atoms. The van der Waals surface area contributed by atoms with Gasteiger partial charge in [0, 0.05) is 23.8 Å². The molecule has 2 unspecified atom stereocenters. The fourth-order valence-electron chi connectivity index (χ4n) is 2.71. The van der Waals surface area contributed by atoms with Crippen LogP contribution in [0.4, 0.5) is 0 Å². The molecule has 0 radical (unpaired) electrons. The van der Waals surface area contributed by atoms with Gasteiger partial charge in [0.1, 0.15) is 0 Å². The predicted octanol–water partition coefficient (Wildman–Crippen LogP) is 4.24. The number of hydrogen-bond donors (Lipinski definition) is 1. The number of benzene rings is 1. The lowest BCUT2D eigenvalue weighted by atomic mass is 9.97. The second kappa shape index (κ2) is 8.71. The smallest absolute Gasteiger partial charge is 0.0582 e. The van der Waals surface area contributed by atoms with E-state index in [0.29, 0.717) is 6.10 Å². The molecule has 1 saturated carbocycles. The molecule has 3 heteroatoms. The van der Waals surface area contributed by atoms with E-state index in [4.69, 9.17) is 4.74 Å². The lowest BCUT2D eigenvalue weighted by Crippen LogP contribution is -2.23. The van der Waals surface area contributed by atoms with Crippen LogP contribution in [0, 0.1) is 0 Å². The van der Waals surface area contributed by atoms with Crippen LogP contribution in [0.1, 0.15) is 44.6 Å². The summed E-state index contributed by atoms with van der Waals surface area (Å²) < 4.78 is 5.51. The molecular weight excluding hydrogens is 266 g/mol. The van der Waals surface area contributed by atoms with E-state index in [-0.39, 0.29) is 0 Å². The Morgan fingerprint density at radius 2 is 2.05 bits per heavy atom. The minimum atomic E-state index is 0.471. The fourth-order valence-corrected chi connectivity index (χ4v) is 3.98. The molecule has 0 heterocycles. The van der Waals surface area contributed by atoms with Gasteiger partial charge in [0.15, 0.2) is 0 Å². The van der Waals surface area contributed by atoms with Crippen molar-refractivity contribution < 1.29 is 4.74 Å². The first-order valence-electron chi connectivity index (χ1n) is 7.81. The van der Waals surface area contributed by atoms with E-state index in [0.717, 1.165) is 18.3 Å². The van der Waals surface area contributed by atoms with Gasteiger partial charge in [-0.2, -0.15) is 0 Å². The third-order valence-electron chi connectivity index (χ3n) is 3.89. The van der Waals surface area contributed by atoms with Crippen LogP contribution < -0.4 is 5.32 Å². The third kappa shape index (κ3) is 5.12. The van der Waals surface area contributed by atoms with Crippen LogP contribution in [0.2, 0.25) is 0 Å². The summed E-state index contributed by atoms with van der Waals surface area (Å²) in [5.41, 5.74) is 1.38. The largest absolute Gasteiger partial charge is 0.381 e. The average Bonchev–Trinajstić information content (AvgIpc) is 2.49. The van der Waals surface area contributed by atoms with Crippen LogP contribution in [-0.2, 0) is 11.3 Å². The summed E-state index contributed by atoms with van der Waals surface area (Å²) in [6.45, 7) is 4.27. The summed E-state index contributed by atoms with van der Waals surface area (Å²) in [4.78, 5) is 1.39. The molecule has 0 aromatic heterocycles. The first-order valence-corrected chi connectivity index (χ1v) is 8.69. The van der Waals surface area contributed by atoms with Crippen LogP contribution in [0.5, 0.6) is 0 Å². The van der Waals surface area contributed by atoms with Crippen LogP contribution in [-0.4, -0.2) is 25.0 Å². The van der Waals surface area contributed by atoms with Gasteiger partial charge >= 0.3 is 0 Å². The zero-order chi connectivity index (χ0) is 14.2. The van der Waals surface area contributed by atoms with Gasteiger partial charge in [-0.05, 0) is 56.3 Å². The zero-order valence-electron chi connectivity index (χ0n) is 12.7. The van der Waals surface area contributed by atoms with Crippen LogP contribution >= 0.6 is 11.8 Å². The first-order chi connectivity index (χ1) is 9.81. The van der Waals surface area contributed by atoms with Gasteiger partial charge in [0.25, 0.3) is 0 Å². The third-order valence-corrected chi connectivity index (χ3v) is 5.20. The summed E-state index contributed by atoms with van der Waals surface area (Å²) >= 11 is 2.02. The number of methoxy groups -OCH3 is 1. The zero-order valence-corrected chi connectivity index (χ0v) is 13.5. The van der Waals surface area contributed by atoms with E-state index in [1.807, 2.05) is 18.9 Å². The van der Waals surface area contributed by atoms with E-state index in [1.54, 1.807) is 0 Å². The maximum absolute atomic E-state index is 5.51. The molecule has 2 nitrogen and oxygen atoms in total. The summed E-state index contributed by atoms with van der Waals surface area (Å²) in [5.74, 6) is 0. The Balaban J connectivity index is 1.80. The van der Waals surface area contributed by atoms with E-state index >= 15 is 0 Å². The second-order valence-electron chi connectivity index (χ2n) is 5.58. The molecule has 1 aromatic carbocycles. The number of ether oxygens (including phenoxy) is 1. The Bertz CT molecular complexity index is 379. The van der Waals surface area contributed by atoms with Gasteiger partial charge in [-0.3, -0.25) is 0 Å². The average molecular weight is 293 g/mol. The Morgan fingerprint density at radius 1 is 1.25 bits per heavy atom. The monoisotopic (exact) mass is 293 g/mol. The molecule has 112 valence electrons. The van der Waals surface area contributed by atoms with Gasteiger partial charge < -0.3 is 10.1 Å². The van der Waals surface area contributed by atoms with Crippen molar-refractivity contribution in [3.8, 4) is 0 Å². The SMILES string of the molecule is CCCNCc1ccc(SC2CCCC(OC)C2)cc1. The van der Waals surface area contributed by atoms with Crippen LogP contribution in [0.15, 0.2) is 29.2 Å². The van der Waals surface area contributed by atoms with Gasteiger partial charge in [-0.1, -0.05) is 19.1 Å². The van der Waals surface area contributed by atoms with Crippen molar-refractivity contribution in [1.82, 2.24) is 5.32 Å². The van der Waals surface area contributed by atoms with Crippen molar-refractivity contribution in [2.24, 2.45) is 0 Å². The molecule has 1 aliphatic carbocycles. The van der Waals surface area contributed by atoms with Crippen molar-refractivity contribution in [2.75, 3.05) is 13.7 Å². The highest BCUT2D eigenvalue weighted by atomic mass is 32.2. The molecule has 0 spiro atoms. The molecular formula is C17H27NOS. The van der Waals surface area contributed by atoms with Crippen molar-refractivity contribution in [2.45, 2.75) is 61.8 Å². The lowest BCUT2D eigenvalue weighted by Gasteiger charge is -2.27. The summed E-state index contributed by atoms with van der Waals surface area (Å²) in [7, 11) is 1.84. The maximum Gasteiger partial charge on any atom is 0.0582 e. The highest BCUT2D eigenvalue weighted by molar-refractivity contribution is 8.00. The van der Waals surface area contributed by atoms with E-state index in [1.165, 1.54) is 42.6 Å². The highest BCUT2D eigenvalue weighted by Crippen LogP contribution is 2.34. The standard InChI is InChI=1S/C17H27NOS/c1-3-11-18-13-14-7-9-16(10-8-14)20-17-6-4-5-15(12-17)19-2/h7-10,15,17-18H,3-6,11-13H2,1-2H3. The van der Waals surface area contributed by atoms with Crippen molar-refractivity contribution >= 4 is 11.8 Å². The van der Waals surface area contributed by atoms with E-state index in [9.17, 15) is 0 Å². The Labute approximate surface area is 127 Å². The Kier molecular flexibility index (Phi) is 6.91. The summed E-state index contributed by atoms with van der Waals surface area (Å²) in [6, 6.07) is 9.04. The van der Waals surface area contributed by atoms with Crippen molar-refractivity contribution in [3.05, 3.63) is 29.8 Å².